The zero-order valence-corrected chi connectivity index (χ0v) is 12.8. The van der Waals surface area contributed by atoms with Crippen LogP contribution in [0.5, 0.6) is 0 Å². The molecular formula is C16H26FN3. The zero-order valence-electron chi connectivity index (χ0n) is 12.8. The monoisotopic (exact) mass is 279 g/mol. The van der Waals surface area contributed by atoms with E-state index in [9.17, 15) is 4.39 Å². The van der Waals surface area contributed by atoms with Crippen LogP contribution in [0.3, 0.4) is 0 Å². The molecule has 1 fully saturated rings. The Balaban J connectivity index is 2.00. The molecule has 0 radical (unpaired) electrons. The molecule has 0 spiro atoms. The van der Waals surface area contributed by atoms with Crippen molar-refractivity contribution in [2.75, 3.05) is 38.6 Å². The number of anilines is 1. The van der Waals surface area contributed by atoms with Crippen LogP contribution in [0.2, 0.25) is 0 Å². The zero-order chi connectivity index (χ0) is 14.5. The van der Waals surface area contributed by atoms with Crippen LogP contribution in [0.15, 0.2) is 18.2 Å². The van der Waals surface area contributed by atoms with E-state index in [2.05, 4.69) is 24.2 Å². The topological polar surface area (TPSA) is 18.5 Å². The van der Waals surface area contributed by atoms with Gasteiger partial charge in [0.1, 0.15) is 5.82 Å². The van der Waals surface area contributed by atoms with E-state index in [0.29, 0.717) is 11.7 Å². The summed E-state index contributed by atoms with van der Waals surface area (Å²) in [5.74, 6) is -0.122. The number of likely N-dealkylation sites (tertiary alicyclic amines) is 1. The molecular weight excluding hydrogens is 253 g/mol. The van der Waals surface area contributed by atoms with Crippen LogP contribution < -0.4 is 10.2 Å². The maximum Gasteiger partial charge on any atom is 0.146 e. The van der Waals surface area contributed by atoms with Crippen molar-refractivity contribution in [2.24, 2.45) is 0 Å². The number of rotatable bonds is 6. The van der Waals surface area contributed by atoms with E-state index in [-0.39, 0.29) is 5.82 Å². The van der Waals surface area contributed by atoms with E-state index in [4.69, 9.17) is 0 Å². The second-order valence-electron chi connectivity index (χ2n) is 5.72. The van der Waals surface area contributed by atoms with Crippen molar-refractivity contribution < 1.29 is 4.39 Å². The maximum absolute atomic E-state index is 14.2. The largest absolute Gasteiger partial charge is 0.371 e. The first kappa shape index (κ1) is 15.3. The summed E-state index contributed by atoms with van der Waals surface area (Å²) in [4.78, 5) is 4.41. The molecule has 1 heterocycles. The van der Waals surface area contributed by atoms with Gasteiger partial charge in [-0.25, -0.2) is 4.39 Å². The van der Waals surface area contributed by atoms with Crippen LogP contribution in [0.4, 0.5) is 10.1 Å². The second kappa shape index (κ2) is 7.04. The molecule has 20 heavy (non-hydrogen) atoms. The summed E-state index contributed by atoms with van der Waals surface area (Å²) < 4.78 is 14.2. The van der Waals surface area contributed by atoms with Crippen LogP contribution in [0, 0.1) is 5.82 Å². The van der Waals surface area contributed by atoms with E-state index < -0.39 is 0 Å². The summed E-state index contributed by atoms with van der Waals surface area (Å²) >= 11 is 0. The Morgan fingerprint density at radius 2 is 2.25 bits per heavy atom. The van der Waals surface area contributed by atoms with Crippen molar-refractivity contribution in [3.8, 4) is 0 Å². The van der Waals surface area contributed by atoms with Crippen LogP contribution in [0.25, 0.3) is 0 Å². The molecule has 1 aromatic carbocycles. The highest BCUT2D eigenvalue weighted by Crippen LogP contribution is 2.22. The summed E-state index contributed by atoms with van der Waals surface area (Å²) in [6.45, 7) is 5.72. The first-order chi connectivity index (χ1) is 9.61. The van der Waals surface area contributed by atoms with Gasteiger partial charge in [0.05, 0.1) is 5.69 Å². The number of hydrogen-bond acceptors (Lipinski definition) is 3. The van der Waals surface area contributed by atoms with Gasteiger partial charge >= 0.3 is 0 Å². The molecule has 0 bridgehead atoms. The van der Waals surface area contributed by atoms with Gasteiger partial charge in [0.25, 0.3) is 0 Å². The van der Waals surface area contributed by atoms with Crippen molar-refractivity contribution in [3.63, 3.8) is 0 Å². The first-order valence-corrected chi connectivity index (χ1v) is 7.52. The highest BCUT2D eigenvalue weighted by Gasteiger charge is 2.23. The molecule has 1 unspecified atom stereocenters. The average molecular weight is 279 g/mol. The number of halogens is 1. The molecule has 1 aromatic rings. The molecule has 0 aliphatic carbocycles. The van der Waals surface area contributed by atoms with Crippen LogP contribution >= 0.6 is 0 Å². The third-order valence-electron chi connectivity index (χ3n) is 4.16. The maximum atomic E-state index is 14.2. The average Bonchev–Trinajstić information content (AvgIpc) is 2.82. The van der Waals surface area contributed by atoms with Gasteiger partial charge < -0.3 is 15.1 Å². The van der Waals surface area contributed by atoms with E-state index in [1.807, 2.05) is 24.1 Å². The van der Waals surface area contributed by atoms with Gasteiger partial charge in [0, 0.05) is 26.2 Å². The van der Waals surface area contributed by atoms with Crippen molar-refractivity contribution in [2.45, 2.75) is 32.4 Å². The standard InChI is InChI=1S/C16H26FN3/c1-4-18-11-13-7-8-16(15(17)10-13)20(3)12-14-6-5-9-19(14)2/h7-8,10,14,18H,4-6,9,11-12H2,1-3H3. The SMILES string of the molecule is CCNCc1ccc(N(C)CC2CCCN2C)c(F)c1. The predicted molar refractivity (Wildman–Crippen MR) is 82.7 cm³/mol. The minimum atomic E-state index is -0.122. The van der Waals surface area contributed by atoms with Crippen LogP contribution in [0.1, 0.15) is 25.3 Å². The molecule has 2 rings (SSSR count). The van der Waals surface area contributed by atoms with Gasteiger partial charge in [-0.05, 0) is 50.7 Å². The lowest BCUT2D eigenvalue weighted by molar-refractivity contribution is 0.314. The molecule has 1 atom stereocenters. The van der Waals surface area contributed by atoms with Gasteiger partial charge in [0.15, 0.2) is 0 Å². The highest BCUT2D eigenvalue weighted by atomic mass is 19.1. The Labute approximate surface area is 121 Å². The molecule has 0 aromatic heterocycles. The fourth-order valence-electron chi connectivity index (χ4n) is 2.86. The smallest absolute Gasteiger partial charge is 0.146 e. The molecule has 112 valence electrons. The lowest BCUT2D eigenvalue weighted by atomic mass is 10.1. The van der Waals surface area contributed by atoms with E-state index >= 15 is 0 Å². The Kier molecular flexibility index (Phi) is 5.38. The Hall–Kier alpha value is -1.13. The Bertz CT molecular complexity index is 436. The molecule has 3 nitrogen and oxygen atoms in total. The number of likely N-dealkylation sites (N-methyl/N-ethyl adjacent to an activating group) is 2. The molecule has 0 saturated carbocycles. The highest BCUT2D eigenvalue weighted by molar-refractivity contribution is 5.48. The molecule has 0 amide bonds. The fraction of sp³-hybridized carbons (Fsp3) is 0.625. The van der Waals surface area contributed by atoms with Crippen LogP contribution in [-0.4, -0.2) is 44.7 Å². The van der Waals surface area contributed by atoms with Gasteiger partial charge in [0.2, 0.25) is 0 Å². The summed E-state index contributed by atoms with van der Waals surface area (Å²) in [6, 6.07) is 6.10. The lowest BCUT2D eigenvalue weighted by Crippen LogP contribution is -2.37. The Morgan fingerprint density at radius 3 is 2.85 bits per heavy atom. The van der Waals surface area contributed by atoms with Gasteiger partial charge in [-0.2, -0.15) is 0 Å². The number of hydrogen-bond donors (Lipinski definition) is 1. The van der Waals surface area contributed by atoms with Crippen molar-refractivity contribution in [3.05, 3.63) is 29.6 Å². The van der Waals surface area contributed by atoms with Crippen molar-refractivity contribution in [1.82, 2.24) is 10.2 Å². The third kappa shape index (κ3) is 3.70. The quantitative estimate of drug-likeness (QED) is 0.863. The first-order valence-electron chi connectivity index (χ1n) is 7.52. The number of nitrogens with zero attached hydrogens (tertiary/aromatic N) is 2. The minimum absolute atomic E-state index is 0.122. The van der Waals surface area contributed by atoms with E-state index in [0.717, 1.165) is 31.7 Å². The second-order valence-corrected chi connectivity index (χ2v) is 5.72. The molecule has 1 N–H and O–H groups in total. The van der Waals surface area contributed by atoms with Gasteiger partial charge in [-0.1, -0.05) is 13.0 Å². The van der Waals surface area contributed by atoms with E-state index in [1.54, 1.807) is 6.07 Å². The Morgan fingerprint density at radius 1 is 1.45 bits per heavy atom. The predicted octanol–water partition coefficient (Wildman–Crippen LogP) is 2.47. The molecule has 1 aliphatic heterocycles. The van der Waals surface area contributed by atoms with Gasteiger partial charge in [-0.15, -0.1) is 0 Å². The molecule has 4 heteroatoms. The third-order valence-corrected chi connectivity index (χ3v) is 4.16. The van der Waals surface area contributed by atoms with Crippen molar-refractivity contribution >= 4 is 5.69 Å². The summed E-state index contributed by atoms with van der Waals surface area (Å²) in [5, 5.41) is 3.22. The van der Waals surface area contributed by atoms with Gasteiger partial charge in [-0.3, -0.25) is 0 Å². The van der Waals surface area contributed by atoms with E-state index in [1.165, 1.54) is 12.8 Å². The minimum Gasteiger partial charge on any atom is -0.371 e. The van der Waals surface area contributed by atoms with Crippen molar-refractivity contribution in [1.29, 1.82) is 0 Å². The fourth-order valence-corrected chi connectivity index (χ4v) is 2.86. The summed E-state index contributed by atoms with van der Waals surface area (Å²) in [7, 11) is 4.13. The molecule has 1 aliphatic rings. The molecule has 1 saturated heterocycles. The normalized spacial score (nSPS) is 19.5. The summed E-state index contributed by atoms with van der Waals surface area (Å²) in [6.07, 6.45) is 2.46. The van der Waals surface area contributed by atoms with Crippen LogP contribution in [-0.2, 0) is 6.54 Å². The lowest BCUT2D eigenvalue weighted by Gasteiger charge is -2.27. The summed E-state index contributed by atoms with van der Waals surface area (Å²) in [5.41, 5.74) is 1.70. The number of nitrogens with one attached hydrogen (secondary N) is 1. The number of benzene rings is 1.